The summed E-state index contributed by atoms with van der Waals surface area (Å²) in [5.74, 6) is -2.59. The Morgan fingerprint density at radius 3 is 2.36 bits per heavy atom. The van der Waals surface area contributed by atoms with Gasteiger partial charge in [0.1, 0.15) is 16.7 Å². The number of hydrogen-bond acceptors (Lipinski definition) is 7. The van der Waals surface area contributed by atoms with E-state index in [1.807, 2.05) is 0 Å². The third-order valence-electron chi connectivity index (χ3n) is 1.40. The minimum absolute atomic E-state index is 0.961. The lowest BCUT2D eigenvalue weighted by atomic mass is 10.2. The van der Waals surface area contributed by atoms with Crippen LogP contribution >= 0.6 is 0 Å². The molecule has 0 amide bonds. The second kappa shape index (κ2) is 5.79. The lowest BCUT2D eigenvalue weighted by Crippen LogP contribution is -2.47. The second-order valence-corrected chi connectivity index (χ2v) is 2.16. The summed E-state index contributed by atoms with van der Waals surface area (Å²) in [6.07, 6.45) is -1.61. The molecule has 0 aliphatic heterocycles. The van der Waals surface area contributed by atoms with Gasteiger partial charge in [0.2, 0.25) is 4.91 Å². The van der Waals surface area contributed by atoms with Crippen LogP contribution in [0.3, 0.4) is 0 Å². The maximum atomic E-state index is 11.0. The summed E-state index contributed by atoms with van der Waals surface area (Å²) in [5.41, 5.74) is 6.39. The van der Waals surface area contributed by atoms with Crippen molar-refractivity contribution in [2.45, 2.75) is 12.1 Å². The first-order valence-corrected chi connectivity index (χ1v) is 3.46. The number of carbonyl (C=O) groups excluding carboxylic acids is 2. The van der Waals surface area contributed by atoms with Crippen LogP contribution in [-0.4, -0.2) is 38.3 Å². The first-order valence-electron chi connectivity index (χ1n) is 3.46. The molecule has 78 valence electrons. The zero-order valence-electron chi connectivity index (χ0n) is 7.59. The van der Waals surface area contributed by atoms with Gasteiger partial charge in [0.25, 0.3) is 6.04 Å². The highest BCUT2D eigenvalue weighted by molar-refractivity contribution is 5.84. The number of methoxy groups -OCH3 is 2. The van der Waals surface area contributed by atoms with E-state index in [2.05, 4.69) is 19.5 Å². The lowest BCUT2D eigenvalue weighted by molar-refractivity contribution is -0.316. The molecule has 1 N–H and O–H groups in total. The molecule has 8 heteroatoms. The van der Waals surface area contributed by atoms with Crippen LogP contribution in [0.15, 0.2) is 5.11 Å². The molecular weight excluding hydrogens is 194 g/mol. The van der Waals surface area contributed by atoms with E-state index in [-0.39, 0.29) is 0 Å². The first-order chi connectivity index (χ1) is 6.58. The van der Waals surface area contributed by atoms with E-state index < -0.39 is 24.1 Å². The largest absolute Gasteiger partial charge is 0.547 e. The van der Waals surface area contributed by atoms with Crippen molar-refractivity contribution in [3.63, 3.8) is 0 Å². The fourth-order valence-corrected chi connectivity index (χ4v) is 0.768. The molecule has 0 saturated carbocycles. The maximum Gasteiger partial charge on any atom is 0.341 e. The van der Waals surface area contributed by atoms with Crippen molar-refractivity contribution < 1.29 is 24.2 Å². The van der Waals surface area contributed by atoms with Gasteiger partial charge in [-0.3, -0.25) is 0 Å². The Kier molecular flexibility index (Phi) is 5.05. The molecule has 2 atom stereocenters. The van der Waals surface area contributed by atoms with Crippen LogP contribution < -0.4 is 10.0 Å². The Hall–Kier alpha value is -1.79. The summed E-state index contributed by atoms with van der Waals surface area (Å²) in [6, 6.07) is -1.52. The van der Waals surface area contributed by atoms with Crippen LogP contribution in [0.2, 0.25) is 0 Å². The first kappa shape index (κ1) is 12.2. The van der Waals surface area contributed by atoms with Gasteiger partial charge < -0.3 is 19.4 Å². The Morgan fingerprint density at radius 2 is 2.07 bits per heavy atom. The minimum atomic E-state index is -1.63. The van der Waals surface area contributed by atoms with E-state index in [1.54, 1.807) is 0 Å². The van der Waals surface area contributed by atoms with Crippen LogP contribution in [0.25, 0.3) is 0 Å². The molecule has 0 aliphatic carbocycles. The van der Waals surface area contributed by atoms with Gasteiger partial charge in [0.15, 0.2) is 0 Å². The van der Waals surface area contributed by atoms with Crippen LogP contribution in [-0.2, 0) is 19.1 Å². The number of carboxylic acids is 1. The SMILES string of the molecule is COC(=O)C(N=[N+]=N)C(OC)C(=O)[O-]. The molecule has 0 aromatic heterocycles. The third kappa shape index (κ3) is 2.92. The van der Waals surface area contributed by atoms with Crippen molar-refractivity contribution in [2.24, 2.45) is 5.11 Å². The van der Waals surface area contributed by atoms with Crippen LogP contribution in [0.4, 0.5) is 0 Å². The lowest BCUT2D eigenvalue weighted by Gasteiger charge is -2.17. The van der Waals surface area contributed by atoms with Crippen molar-refractivity contribution >= 4 is 11.9 Å². The van der Waals surface area contributed by atoms with Gasteiger partial charge in [-0.15, -0.1) is 0 Å². The topological polar surface area (TPSA) is 126 Å². The van der Waals surface area contributed by atoms with Crippen LogP contribution in [0.5, 0.6) is 0 Å². The smallest absolute Gasteiger partial charge is 0.341 e. The number of ether oxygens (including phenoxy) is 2. The quantitative estimate of drug-likeness (QED) is 0.309. The van der Waals surface area contributed by atoms with Crippen LogP contribution in [0, 0.1) is 5.53 Å². The summed E-state index contributed by atoms with van der Waals surface area (Å²) < 4.78 is 8.70. The number of esters is 1. The number of carbonyl (C=O) groups is 2. The van der Waals surface area contributed by atoms with E-state index in [1.165, 1.54) is 0 Å². The molecular formula is C6H9N3O5. The molecule has 0 saturated heterocycles. The van der Waals surface area contributed by atoms with Crippen molar-refractivity contribution in [1.29, 1.82) is 5.53 Å². The summed E-state index contributed by atoms with van der Waals surface area (Å²) >= 11 is 0. The molecule has 14 heavy (non-hydrogen) atoms. The van der Waals surface area contributed by atoms with Crippen molar-refractivity contribution in [2.75, 3.05) is 14.2 Å². The molecule has 0 fully saturated rings. The molecule has 0 spiro atoms. The Bertz CT molecular complexity index is 273. The molecule has 0 radical (unpaired) electrons. The summed E-state index contributed by atoms with van der Waals surface area (Å²) in [6.45, 7) is 0. The zero-order chi connectivity index (χ0) is 11.1. The Morgan fingerprint density at radius 1 is 1.50 bits per heavy atom. The van der Waals surface area contributed by atoms with E-state index >= 15 is 0 Å². The molecule has 0 heterocycles. The standard InChI is InChI=1S/C6H9N3O5/c1-13-4(5(10)11)3(8-9-7)6(12)14-2/h3-4,7H,1-2H3. The van der Waals surface area contributed by atoms with Crippen molar-refractivity contribution in [3.8, 4) is 0 Å². The van der Waals surface area contributed by atoms with Gasteiger partial charge in [-0.05, 0) is 0 Å². The fraction of sp³-hybridized carbons (Fsp3) is 0.667. The van der Waals surface area contributed by atoms with Gasteiger partial charge >= 0.3 is 5.97 Å². The molecule has 0 aromatic rings. The van der Waals surface area contributed by atoms with Gasteiger partial charge in [0, 0.05) is 7.11 Å². The average Bonchev–Trinajstić information content (AvgIpc) is 2.16. The molecule has 0 aromatic carbocycles. The molecule has 0 aliphatic rings. The van der Waals surface area contributed by atoms with Gasteiger partial charge in [-0.2, -0.15) is 0 Å². The predicted octanol–water partition coefficient (Wildman–Crippen LogP) is -2.16. The van der Waals surface area contributed by atoms with Crippen LogP contribution in [0.1, 0.15) is 0 Å². The molecule has 2 unspecified atom stereocenters. The maximum absolute atomic E-state index is 11.0. The van der Waals surface area contributed by atoms with Crippen molar-refractivity contribution in [1.82, 2.24) is 4.91 Å². The molecule has 0 rings (SSSR count). The summed E-state index contributed by atoms with van der Waals surface area (Å²) in [7, 11) is 2.12. The summed E-state index contributed by atoms with van der Waals surface area (Å²) in [5, 5.41) is 13.5. The Balaban J connectivity index is 4.86. The van der Waals surface area contributed by atoms with Gasteiger partial charge in [-0.1, -0.05) is 0 Å². The average molecular weight is 203 g/mol. The Labute approximate surface area is 79.0 Å². The number of hydrogen-bond donors (Lipinski definition) is 1. The number of carboxylic acid groups (broad SMARTS) is 1. The second-order valence-electron chi connectivity index (χ2n) is 2.16. The van der Waals surface area contributed by atoms with Crippen molar-refractivity contribution in [3.05, 3.63) is 0 Å². The van der Waals surface area contributed by atoms with E-state index in [0.29, 0.717) is 0 Å². The summed E-state index contributed by atoms with van der Waals surface area (Å²) in [4.78, 5) is 24.0. The fourth-order valence-electron chi connectivity index (χ4n) is 0.768. The monoisotopic (exact) mass is 203 g/mol. The highest BCUT2D eigenvalue weighted by Crippen LogP contribution is 2.04. The van der Waals surface area contributed by atoms with Gasteiger partial charge in [-0.25, -0.2) is 4.79 Å². The number of rotatable bonds is 5. The third-order valence-corrected chi connectivity index (χ3v) is 1.40. The highest BCUT2D eigenvalue weighted by atomic mass is 16.5. The molecule has 8 nitrogen and oxygen atoms in total. The normalized spacial score (nSPS) is 13.6. The number of nitrogens with one attached hydrogen (secondary N) is 1. The van der Waals surface area contributed by atoms with Gasteiger partial charge in [0.05, 0.1) is 13.1 Å². The highest BCUT2D eigenvalue weighted by Gasteiger charge is 2.35. The minimum Gasteiger partial charge on any atom is -0.547 e. The number of aliphatic carboxylic acids is 1. The number of nitrogens with zero attached hydrogens (tertiary/aromatic N) is 2. The van der Waals surface area contributed by atoms with E-state index in [4.69, 9.17) is 5.53 Å². The van der Waals surface area contributed by atoms with E-state index in [0.717, 1.165) is 14.2 Å². The molecule has 0 bridgehead atoms. The predicted molar refractivity (Wildman–Crippen MR) is 38.9 cm³/mol. The van der Waals surface area contributed by atoms with E-state index in [9.17, 15) is 14.7 Å². The zero-order valence-corrected chi connectivity index (χ0v) is 7.59.